The number of hydrogen-bond acceptors (Lipinski definition) is 3. The van der Waals surface area contributed by atoms with Gasteiger partial charge in [-0.05, 0) is 12.8 Å². The highest BCUT2D eigenvalue weighted by Gasteiger charge is 2.14. The van der Waals surface area contributed by atoms with E-state index < -0.39 is 0 Å². The highest BCUT2D eigenvalue weighted by molar-refractivity contribution is 5.76. The lowest BCUT2D eigenvalue weighted by molar-refractivity contribution is -0.132. The molecule has 0 spiro atoms. The van der Waals surface area contributed by atoms with Crippen molar-refractivity contribution in [2.75, 3.05) is 27.2 Å². The molecular formula is C11H22N2O2. The standard InChI is InChI=1S/C11H22N2O2/c1-4-5-6-7-13(2)11(14)8-10(9-12)15-3/h4,10H,1,5-9,12H2,2-3H3. The first-order chi connectivity index (χ1) is 7.15. The zero-order valence-corrected chi connectivity index (χ0v) is 9.74. The van der Waals surface area contributed by atoms with Crippen LogP contribution in [0.5, 0.6) is 0 Å². The second-order valence-corrected chi connectivity index (χ2v) is 3.54. The van der Waals surface area contributed by atoms with E-state index in [1.807, 2.05) is 6.08 Å². The van der Waals surface area contributed by atoms with E-state index in [1.54, 1.807) is 19.1 Å². The molecular weight excluding hydrogens is 192 g/mol. The highest BCUT2D eigenvalue weighted by atomic mass is 16.5. The van der Waals surface area contributed by atoms with Gasteiger partial charge in [0.2, 0.25) is 5.91 Å². The number of carbonyl (C=O) groups excluding carboxylic acids is 1. The van der Waals surface area contributed by atoms with Crippen molar-refractivity contribution >= 4 is 5.91 Å². The Hall–Kier alpha value is -0.870. The zero-order chi connectivity index (χ0) is 11.7. The molecule has 0 rings (SSSR count). The largest absolute Gasteiger partial charge is 0.380 e. The quantitative estimate of drug-likeness (QED) is 0.480. The first-order valence-electron chi connectivity index (χ1n) is 5.23. The van der Waals surface area contributed by atoms with Crippen LogP contribution in [0, 0.1) is 0 Å². The molecule has 0 bridgehead atoms. The predicted octanol–water partition coefficient (Wildman–Crippen LogP) is 0.775. The summed E-state index contributed by atoms with van der Waals surface area (Å²) in [6.07, 6.45) is 3.93. The first kappa shape index (κ1) is 14.1. The molecule has 0 aromatic heterocycles. The molecule has 2 N–H and O–H groups in total. The summed E-state index contributed by atoms with van der Waals surface area (Å²) in [5.41, 5.74) is 5.44. The summed E-state index contributed by atoms with van der Waals surface area (Å²) in [6, 6.07) is 0. The van der Waals surface area contributed by atoms with Crippen LogP contribution in [-0.4, -0.2) is 44.2 Å². The first-order valence-corrected chi connectivity index (χ1v) is 5.23. The van der Waals surface area contributed by atoms with E-state index in [1.165, 1.54) is 0 Å². The number of allylic oxidation sites excluding steroid dienone is 1. The molecule has 1 amide bonds. The summed E-state index contributed by atoms with van der Waals surface area (Å²) in [5.74, 6) is 0.0800. The minimum Gasteiger partial charge on any atom is -0.380 e. The third kappa shape index (κ3) is 6.25. The number of unbranched alkanes of at least 4 members (excludes halogenated alkanes) is 1. The van der Waals surface area contributed by atoms with E-state index in [2.05, 4.69) is 6.58 Å². The molecule has 1 atom stereocenters. The van der Waals surface area contributed by atoms with Crippen molar-refractivity contribution in [2.24, 2.45) is 5.73 Å². The van der Waals surface area contributed by atoms with Gasteiger partial charge in [0.1, 0.15) is 0 Å². The molecule has 0 saturated carbocycles. The number of hydrogen-bond donors (Lipinski definition) is 1. The van der Waals surface area contributed by atoms with Crippen molar-refractivity contribution in [3.05, 3.63) is 12.7 Å². The normalized spacial score (nSPS) is 12.2. The van der Waals surface area contributed by atoms with Gasteiger partial charge in [-0.25, -0.2) is 0 Å². The van der Waals surface area contributed by atoms with Crippen LogP contribution in [-0.2, 0) is 9.53 Å². The Morgan fingerprint density at radius 2 is 2.33 bits per heavy atom. The van der Waals surface area contributed by atoms with Gasteiger partial charge in [0.05, 0.1) is 12.5 Å². The van der Waals surface area contributed by atoms with Gasteiger partial charge >= 0.3 is 0 Å². The lowest BCUT2D eigenvalue weighted by Gasteiger charge is -2.19. The predicted molar refractivity (Wildman–Crippen MR) is 61.5 cm³/mol. The molecule has 0 aromatic carbocycles. The average molecular weight is 214 g/mol. The van der Waals surface area contributed by atoms with Gasteiger partial charge in [0.15, 0.2) is 0 Å². The van der Waals surface area contributed by atoms with Crippen LogP contribution in [0.25, 0.3) is 0 Å². The topological polar surface area (TPSA) is 55.6 Å². The van der Waals surface area contributed by atoms with Crippen molar-refractivity contribution in [1.82, 2.24) is 4.90 Å². The smallest absolute Gasteiger partial charge is 0.224 e. The van der Waals surface area contributed by atoms with Crippen LogP contribution >= 0.6 is 0 Å². The van der Waals surface area contributed by atoms with Gasteiger partial charge in [0, 0.05) is 27.2 Å². The maximum absolute atomic E-state index is 11.6. The van der Waals surface area contributed by atoms with Crippen molar-refractivity contribution < 1.29 is 9.53 Å². The van der Waals surface area contributed by atoms with Gasteiger partial charge < -0.3 is 15.4 Å². The summed E-state index contributed by atoms with van der Waals surface area (Å²) >= 11 is 0. The van der Waals surface area contributed by atoms with Gasteiger partial charge in [-0.2, -0.15) is 0 Å². The fourth-order valence-electron chi connectivity index (χ4n) is 1.21. The van der Waals surface area contributed by atoms with Crippen molar-refractivity contribution in [3.8, 4) is 0 Å². The molecule has 88 valence electrons. The van der Waals surface area contributed by atoms with Crippen LogP contribution in [0.2, 0.25) is 0 Å². The SMILES string of the molecule is C=CCCCN(C)C(=O)CC(CN)OC. The summed E-state index contributed by atoms with van der Waals surface area (Å²) < 4.78 is 5.06. The monoisotopic (exact) mass is 214 g/mol. The molecule has 4 nitrogen and oxygen atoms in total. The Labute approximate surface area is 92.1 Å². The molecule has 4 heteroatoms. The highest BCUT2D eigenvalue weighted by Crippen LogP contribution is 2.01. The Morgan fingerprint density at radius 1 is 1.67 bits per heavy atom. The summed E-state index contributed by atoms with van der Waals surface area (Å²) in [4.78, 5) is 13.3. The Morgan fingerprint density at radius 3 is 2.80 bits per heavy atom. The Bertz CT molecular complexity index is 191. The number of amides is 1. The fourth-order valence-corrected chi connectivity index (χ4v) is 1.21. The molecule has 0 heterocycles. The molecule has 0 saturated heterocycles. The number of carbonyl (C=O) groups is 1. The van der Waals surface area contributed by atoms with Gasteiger partial charge in [-0.1, -0.05) is 6.08 Å². The molecule has 1 unspecified atom stereocenters. The van der Waals surface area contributed by atoms with Crippen LogP contribution in [0.1, 0.15) is 19.3 Å². The van der Waals surface area contributed by atoms with Gasteiger partial charge in [-0.15, -0.1) is 6.58 Å². The third-order valence-corrected chi connectivity index (χ3v) is 2.33. The molecule has 0 radical (unpaired) electrons. The van der Waals surface area contributed by atoms with Crippen LogP contribution in [0.15, 0.2) is 12.7 Å². The van der Waals surface area contributed by atoms with Crippen molar-refractivity contribution in [2.45, 2.75) is 25.4 Å². The second kappa shape index (κ2) is 8.44. The maximum atomic E-state index is 11.6. The van der Waals surface area contributed by atoms with E-state index in [0.29, 0.717) is 13.0 Å². The van der Waals surface area contributed by atoms with Crippen LogP contribution < -0.4 is 5.73 Å². The molecule has 0 aliphatic rings. The van der Waals surface area contributed by atoms with E-state index in [-0.39, 0.29) is 12.0 Å². The molecule has 0 aliphatic carbocycles. The average Bonchev–Trinajstić information content (AvgIpc) is 2.25. The Kier molecular flexibility index (Phi) is 7.95. The molecule has 15 heavy (non-hydrogen) atoms. The van der Waals surface area contributed by atoms with Gasteiger partial charge in [-0.3, -0.25) is 4.79 Å². The summed E-state index contributed by atoms with van der Waals surface area (Å²) in [5, 5.41) is 0. The zero-order valence-electron chi connectivity index (χ0n) is 9.74. The Balaban J connectivity index is 3.81. The number of nitrogens with two attached hydrogens (primary N) is 1. The number of ether oxygens (including phenoxy) is 1. The van der Waals surface area contributed by atoms with E-state index in [9.17, 15) is 4.79 Å². The van der Waals surface area contributed by atoms with Crippen LogP contribution in [0.3, 0.4) is 0 Å². The second-order valence-electron chi connectivity index (χ2n) is 3.54. The van der Waals surface area contributed by atoms with E-state index in [4.69, 9.17) is 10.5 Å². The number of rotatable bonds is 8. The minimum atomic E-state index is -0.167. The number of methoxy groups -OCH3 is 1. The summed E-state index contributed by atoms with van der Waals surface area (Å²) in [6.45, 7) is 4.77. The van der Waals surface area contributed by atoms with E-state index >= 15 is 0 Å². The maximum Gasteiger partial charge on any atom is 0.224 e. The van der Waals surface area contributed by atoms with Crippen molar-refractivity contribution in [3.63, 3.8) is 0 Å². The van der Waals surface area contributed by atoms with E-state index in [0.717, 1.165) is 19.4 Å². The molecule has 0 fully saturated rings. The van der Waals surface area contributed by atoms with Crippen molar-refractivity contribution in [1.29, 1.82) is 0 Å². The molecule has 0 aromatic rings. The van der Waals surface area contributed by atoms with Gasteiger partial charge in [0.25, 0.3) is 0 Å². The number of nitrogens with zero attached hydrogens (tertiary/aromatic N) is 1. The molecule has 0 aliphatic heterocycles. The fraction of sp³-hybridized carbons (Fsp3) is 0.727. The lowest BCUT2D eigenvalue weighted by Crippen LogP contribution is -2.34. The lowest BCUT2D eigenvalue weighted by atomic mass is 10.2. The third-order valence-electron chi connectivity index (χ3n) is 2.33. The van der Waals surface area contributed by atoms with Crippen LogP contribution in [0.4, 0.5) is 0 Å². The minimum absolute atomic E-state index is 0.0800. The summed E-state index contributed by atoms with van der Waals surface area (Å²) in [7, 11) is 3.37.